The van der Waals surface area contributed by atoms with Gasteiger partial charge in [0.1, 0.15) is 18.0 Å². The summed E-state index contributed by atoms with van der Waals surface area (Å²) in [6, 6.07) is 7.14. The first-order valence-corrected chi connectivity index (χ1v) is 11.7. The summed E-state index contributed by atoms with van der Waals surface area (Å²) in [6.07, 6.45) is 0.0850. The summed E-state index contributed by atoms with van der Waals surface area (Å²) in [6.45, 7) is 0.0719. The lowest BCUT2D eigenvalue weighted by Gasteiger charge is -2.17. The number of likely N-dealkylation sites (N-methyl/N-ethyl adjacent to an activating group) is 1. The molecule has 0 spiro atoms. The van der Waals surface area contributed by atoms with Gasteiger partial charge in [0.25, 0.3) is 5.92 Å². The summed E-state index contributed by atoms with van der Waals surface area (Å²) < 4.78 is 41.3. The number of aliphatic hydroxyl groups is 1. The first kappa shape index (κ1) is 25.4. The Morgan fingerprint density at radius 2 is 2.16 bits per heavy atom. The van der Waals surface area contributed by atoms with Crippen LogP contribution in [0, 0.1) is 0 Å². The van der Waals surface area contributed by atoms with E-state index in [1.165, 1.54) is 22.6 Å². The number of rotatable bonds is 8. The Morgan fingerprint density at radius 1 is 1.34 bits per heavy atom. The number of fused-ring (bicyclic) bond motifs is 1. The van der Waals surface area contributed by atoms with Crippen molar-refractivity contribution in [2.75, 3.05) is 26.0 Å². The van der Waals surface area contributed by atoms with E-state index in [0.29, 0.717) is 11.4 Å². The molecule has 0 radical (unpaired) electrons. The van der Waals surface area contributed by atoms with Gasteiger partial charge in [0, 0.05) is 26.5 Å². The monoisotopic (exact) mass is 529 g/mol. The maximum absolute atomic E-state index is 13.7. The van der Waals surface area contributed by atoms with Crippen molar-refractivity contribution in [2.45, 2.75) is 37.7 Å². The van der Waals surface area contributed by atoms with Crippen molar-refractivity contribution in [1.29, 1.82) is 0 Å². The van der Waals surface area contributed by atoms with Crippen LogP contribution in [0.25, 0.3) is 28.4 Å². The van der Waals surface area contributed by atoms with Gasteiger partial charge in [-0.25, -0.2) is 28.4 Å². The van der Waals surface area contributed by atoms with E-state index in [0.717, 1.165) is 6.92 Å². The number of benzene rings is 1. The molecule has 13 nitrogen and oxygen atoms in total. The van der Waals surface area contributed by atoms with Gasteiger partial charge in [-0.05, 0) is 12.1 Å². The molecule has 0 saturated carbocycles. The summed E-state index contributed by atoms with van der Waals surface area (Å²) in [7, 11) is 3.02. The molecule has 0 bridgehead atoms. The van der Waals surface area contributed by atoms with Gasteiger partial charge < -0.3 is 25.2 Å². The first-order valence-electron chi connectivity index (χ1n) is 11.7. The highest BCUT2D eigenvalue weighted by molar-refractivity contribution is 5.85. The first-order chi connectivity index (χ1) is 18.2. The maximum Gasteiger partial charge on any atom is 0.262 e. The summed E-state index contributed by atoms with van der Waals surface area (Å²) in [5, 5.41) is 24.0. The number of carbonyl (C=O) groups excluding carboxylic acids is 1. The van der Waals surface area contributed by atoms with Crippen molar-refractivity contribution in [3.05, 3.63) is 36.8 Å². The third-order valence-electron chi connectivity index (χ3n) is 5.93. The molecule has 0 aliphatic carbocycles. The highest BCUT2D eigenvalue weighted by Gasteiger charge is 2.39. The Hall–Kier alpha value is -4.24. The molecule has 3 aromatic heterocycles. The van der Waals surface area contributed by atoms with Crippen LogP contribution in [0.4, 0.5) is 14.6 Å². The van der Waals surface area contributed by atoms with Crippen molar-refractivity contribution >= 4 is 22.9 Å². The molecule has 1 aliphatic heterocycles. The molecule has 1 fully saturated rings. The van der Waals surface area contributed by atoms with Crippen molar-refractivity contribution in [2.24, 2.45) is 0 Å². The van der Waals surface area contributed by atoms with E-state index < -0.39 is 30.9 Å². The number of hydrogen-bond donors (Lipinski definition) is 3. The minimum Gasteiger partial charge on any atom is -0.497 e. The third-order valence-corrected chi connectivity index (χ3v) is 5.93. The third kappa shape index (κ3) is 4.97. The Kier molecular flexibility index (Phi) is 6.62. The van der Waals surface area contributed by atoms with Crippen LogP contribution in [0.1, 0.15) is 19.6 Å². The number of amides is 1. The normalized spacial score (nSPS) is 19.6. The zero-order chi connectivity index (χ0) is 27.0. The SMILES string of the molecule is CNC(=O)[C@@H]1C[C@@H](O)[C@H](n2cnc3c(NCC(C)(F)F)nc(-c4cn(-c5cccc(OC)c5)nn4)nc32)O1. The minimum atomic E-state index is -3.03. The van der Waals surface area contributed by atoms with Crippen LogP contribution in [0.5, 0.6) is 5.75 Å². The van der Waals surface area contributed by atoms with Gasteiger partial charge in [-0.15, -0.1) is 5.10 Å². The number of imidazole rings is 1. The second-order valence-corrected chi connectivity index (χ2v) is 8.83. The fourth-order valence-corrected chi connectivity index (χ4v) is 4.06. The van der Waals surface area contributed by atoms with Crippen molar-refractivity contribution in [3.8, 4) is 23.0 Å². The Labute approximate surface area is 214 Å². The van der Waals surface area contributed by atoms with E-state index in [9.17, 15) is 18.7 Å². The molecule has 3 N–H and O–H groups in total. The summed E-state index contributed by atoms with van der Waals surface area (Å²) in [5.74, 6) is -2.67. The predicted molar refractivity (Wildman–Crippen MR) is 130 cm³/mol. The number of methoxy groups -OCH3 is 1. The van der Waals surface area contributed by atoms with Crippen LogP contribution in [0.2, 0.25) is 0 Å². The smallest absolute Gasteiger partial charge is 0.262 e. The average Bonchev–Trinajstić information content (AvgIpc) is 3.64. The van der Waals surface area contributed by atoms with E-state index in [-0.39, 0.29) is 40.8 Å². The lowest BCUT2D eigenvalue weighted by molar-refractivity contribution is -0.134. The number of ether oxygens (including phenoxy) is 2. The van der Waals surface area contributed by atoms with E-state index in [4.69, 9.17) is 9.47 Å². The molecular weight excluding hydrogens is 504 g/mol. The molecule has 1 saturated heterocycles. The zero-order valence-electron chi connectivity index (χ0n) is 20.7. The topological polar surface area (TPSA) is 154 Å². The van der Waals surface area contributed by atoms with Crippen LogP contribution < -0.4 is 15.4 Å². The second kappa shape index (κ2) is 9.90. The standard InChI is InChI=1S/C23H25F2N9O4/c1-23(24,25)10-27-19-17-20(33(11-28-17)22-15(35)8-16(38-22)21(36)26-2)30-18(29-19)14-9-34(32-31-14)12-5-4-6-13(7-12)37-3/h4-7,9,11,15-16,22,35H,8,10H2,1-3H3,(H,26,36)(H,27,29,30)/t15-,16+,22-/m1/s1. The number of hydrogen-bond acceptors (Lipinski definition) is 10. The van der Waals surface area contributed by atoms with Gasteiger partial charge in [-0.2, -0.15) is 0 Å². The molecule has 1 amide bonds. The zero-order valence-corrected chi connectivity index (χ0v) is 20.7. The number of alkyl halides is 2. The lowest BCUT2D eigenvalue weighted by Crippen LogP contribution is -2.31. The number of aliphatic hydroxyl groups excluding tert-OH is 1. The number of anilines is 1. The van der Waals surface area contributed by atoms with Crippen LogP contribution in [-0.2, 0) is 9.53 Å². The Morgan fingerprint density at radius 3 is 2.89 bits per heavy atom. The second-order valence-electron chi connectivity index (χ2n) is 8.83. The highest BCUT2D eigenvalue weighted by atomic mass is 19.3. The molecule has 5 rings (SSSR count). The molecule has 4 heterocycles. The van der Waals surface area contributed by atoms with E-state index in [1.807, 2.05) is 0 Å². The number of carbonyl (C=O) groups is 1. The van der Waals surface area contributed by atoms with Gasteiger partial charge in [0.15, 0.2) is 34.7 Å². The van der Waals surface area contributed by atoms with Crippen molar-refractivity contribution < 1.29 is 28.2 Å². The van der Waals surface area contributed by atoms with Gasteiger partial charge in [-0.3, -0.25) is 9.36 Å². The lowest BCUT2D eigenvalue weighted by atomic mass is 10.2. The maximum atomic E-state index is 13.7. The number of halogens is 2. The molecule has 1 aliphatic rings. The Balaban J connectivity index is 1.56. The van der Waals surface area contributed by atoms with Crippen LogP contribution in [0.3, 0.4) is 0 Å². The fourth-order valence-electron chi connectivity index (χ4n) is 4.06. The van der Waals surface area contributed by atoms with Crippen molar-refractivity contribution in [1.82, 2.24) is 39.8 Å². The summed E-state index contributed by atoms with van der Waals surface area (Å²) in [4.78, 5) is 25.3. The van der Waals surface area contributed by atoms with Gasteiger partial charge in [0.05, 0.1) is 31.9 Å². The molecule has 3 atom stereocenters. The Bertz CT molecular complexity index is 1470. The van der Waals surface area contributed by atoms with Crippen molar-refractivity contribution in [3.63, 3.8) is 0 Å². The van der Waals surface area contributed by atoms with Crippen LogP contribution in [0.15, 0.2) is 36.8 Å². The minimum absolute atomic E-state index is 0.0385. The van der Waals surface area contributed by atoms with Gasteiger partial charge in [0.2, 0.25) is 5.91 Å². The van der Waals surface area contributed by atoms with E-state index in [2.05, 4.69) is 35.9 Å². The summed E-state index contributed by atoms with van der Waals surface area (Å²) >= 11 is 0. The van der Waals surface area contributed by atoms with E-state index >= 15 is 0 Å². The number of nitrogens with zero attached hydrogens (tertiary/aromatic N) is 7. The molecule has 4 aromatic rings. The largest absolute Gasteiger partial charge is 0.497 e. The number of nitrogens with one attached hydrogen (secondary N) is 2. The van der Waals surface area contributed by atoms with Crippen LogP contribution >= 0.6 is 0 Å². The molecule has 200 valence electrons. The molecule has 38 heavy (non-hydrogen) atoms. The quantitative estimate of drug-likeness (QED) is 0.306. The highest BCUT2D eigenvalue weighted by Crippen LogP contribution is 2.33. The average molecular weight is 530 g/mol. The van der Waals surface area contributed by atoms with Crippen LogP contribution in [-0.4, -0.2) is 84.4 Å². The van der Waals surface area contributed by atoms with Gasteiger partial charge in [-0.1, -0.05) is 11.3 Å². The predicted octanol–water partition coefficient (Wildman–Crippen LogP) is 1.54. The molecule has 15 heteroatoms. The molecular formula is C23H25F2N9O4. The van der Waals surface area contributed by atoms with Gasteiger partial charge >= 0.3 is 0 Å². The molecule has 0 unspecified atom stereocenters. The number of aromatic nitrogens is 7. The fraction of sp³-hybridized carbons (Fsp3) is 0.391. The van der Waals surface area contributed by atoms with E-state index in [1.54, 1.807) is 37.6 Å². The summed E-state index contributed by atoms with van der Waals surface area (Å²) in [5.41, 5.74) is 1.29. The molecule has 1 aromatic carbocycles.